The molecule has 18 heavy (non-hydrogen) atoms. The van der Waals surface area contributed by atoms with Gasteiger partial charge in [0.15, 0.2) is 0 Å². The summed E-state index contributed by atoms with van der Waals surface area (Å²) in [6, 6.07) is 5.06. The Labute approximate surface area is 114 Å². The fraction of sp³-hybridized carbons (Fsp3) is 0.167. The van der Waals surface area contributed by atoms with Gasteiger partial charge in [0.05, 0.1) is 17.1 Å². The minimum Gasteiger partial charge on any atom is -0.411 e. The van der Waals surface area contributed by atoms with Gasteiger partial charge in [0.25, 0.3) is 0 Å². The molecule has 0 fully saturated rings. The van der Waals surface area contributed by atoms with Crippen molar-refractivity contribution in [3.8, 4) is 0 Å². The lowest BCUT2D eigenvalue weighted by atomic mass is 10.1. The summed E-state index contributed by atoms with van der Waals surface area (Å²) in [5.41, 5.74) is 2.05. The summed E-state index contributed by atoms with van der Waals surface area (Å²) in [6.45, 7) is 0. The highest BCUT2D eigenvalue weighted by atomic mass is 35.5. The van der Waals surface area contributed by atoms with Crippen LogP contribution in [-0.2, 0) is 13.5 Å². The van der Waals surface area contributed by atoms with Crippen molar-refractivity contribution in [1.82, 2.24) is 9.55 Å². The second kappa shape index (κ2) is 5.42. The van der Waals surface area contributed by atoms with E-state index in [-0.39, 0.29) is 0 Å². The number of nitrogens with zero attached hydrogens (tertiary/aromatic N) is 3. The Bertz CT molecular complexity index is 593. The molecule has 0 unspecified atom stereocenters. The molecule has 0 aliphatic heterocycles. The van der Waals surface area contributed by atoms with Crippen LogP contribution < -0.4 is 0 Å². The zero-order valence-corrected chi connectivity index (χ0v) is 11.2. The monoisotopic (exact) mass is 283 g/mol. The Morgan fingerprint density at radius 3 is 2.78 bits per heavy atom. The third-order valence-corrected chi connectivity index (χ3v) is 3.18. The first-order chi connectivity index (χ1) is 8.61. The highest BCUT2D eigenvalue weighted by Crippen LogP contribution is 2.22. The average Bonchev–Trinajstić information content (AvgIpc) is 2.73. The molecular formula is C12H11Cl2N3O. The Balaban J connectivity index is 2.32. The number of hydrogen-bond acceptors (Lipinski definition) is 3. The van der Waals surface area contributed by atoms with Crippen molar-refractivity contribution in [2.75, 3.05) is 0 Å². The second-order valence-electron chi connectivity index (χ2n) is 3.84. The molecule has 1 aromatic heterocycles. The minimum absolute atomic E-state index is 0.439. The summed E-state index contributed by atoms with van der Waals surface area (Å²) in [7, 11) is 1.88. The summed E-state index contributed by atoms with van der Waals surface area (Å²) >= 11 is 11.9. The molecule has 0 atom stereocenters. The van der Waals surface area contributed by atoms with Gasteiger partial charge in [0.1, 0.15) is 0 Å². The van der Waals surface area contributed by atoms with E-state index in [2.05, 4.69) is 10.1 Å². The van der Waals surface area contributed by atoms with E-state index in [1.54, 1.807) is 30.7 Å². The van der Waals surface area contributed by atoms with Crippen LogP contribution in [0.1, 0.15) is 11.3 Å². The number of aromatic nitrogens is 2. The van der Waals surface area contributed by atoms with Crippen LogP contribution in [0.25, 0.3) is 0 Å². The topological polar surface area (TPSA) is 50.4 Å². The predicted molar refractivity (Wildman–Crippen MR) is 71.7 cm³/mol. The highest BCUT2D eigenvalue weighted by Gasteiger charge is 2.12. The van der Waals surface area contributed by atoms with Crippen LogP contribution in [-0.4, -0.2) is 20.5 Å². The van der Waals surface area contributed by atoms with Crippen LogP contribution in [0.15, 0.2) is 35.9 Å². The van der Waals surface area contributed by atoms with Crippen molar-refractivity contribution in [2.24, 2.45) is 12.2 Å². The highest BCUT2D eigenvalue weighted by molar-refractivity contribution is 6.37. The van der Waals surface area contributed by atoms with E-state index in [4.69, 9.17) is 28.4 Å². The summed E-state index contributed by atoms with van der Waals surface area (Å²) in [6.07, 6.45) is 3.84. The average molecular weight is 284 g/mol. The number of imidazole rings is 1. The Morgan fingerprint density at radius 1 is 1.44 bits per heavy atom. The van der Waals surface area contributed by atoms with Gasteiger partial charge in [0, 0.05) is 35.9 Å². The van der Waals surface area contributed by atoms with Gasteiger partial charge in [-0.1, -0.05) is 34.4 Å². The molecule has 6 heteroatoms. The van der Waals surface area contributed by atoms with Crippen molar-refractivity contribution >= 4 is 28.9 Å². The van der Waals surface area contributed by atoms with Gasteiger partial charge in [0.2, 0.25) is 0 Å². The molecule has 0 bridgehead atoms. The molecule has 0 spiro atoms. The lowest BCUT2D eigenvalue weighted by molar-refractivity contribution is 0.318. The van der Waals surface area contributed by atoms with E-state index >= 15 is 0 Å². The van der Waals surface area contributed by atoms with Crippen LogP contribution in [0.2, 0.25) is 10.0 Å². The molecule has 0 saturated carbocycles. The van der Waals surface area contributed by atoms with E-state index in [1.165, 1.54) is 0 Å². The molecule has 0 aliphatic rings. The largest absolute Gasteiger partial charge is 0.411 e. The zero-order chi connectivity index (χ0) is 13.1. The van der Waals surface area contributed by atoms with Gasteiger partial charge in [-0.15, -0.1) is 0 Å². The first kappa shape index (κ1) is 12.9. The molecule has 0 saturated heterocycles. The molecule has 1 N–H and O–H groups in total. The lowest BCUT2D eigenvalue weighted by Gasteiger charge is -2.07. The maximum Gasteiger partial charge on any atom is 0.0945 e. The van der Waals surface area contributed by atoms with Crippen molar-refractivity contribution in [3.63, 3.8) is 0 Å². The smallest absolute Gasteiger partial charge is 0.0945 e. The van der Waals surface area contributed by atoms with Gasteiger partial charge < -0.3 is 9.77 Å². The normalized spacial score (nSPS) is 11.8. The van der Waals surface area contributed by atoms with E-state index < -0.39 is 0 Å². The molecule has 0 radical (unpaired) electrons. The van der Waals surface area contributed by atoms with Crippen LogP contribution in [0.3, 0.4) is 0 Å². The molecule has 4 nitrogen and oxygen atoms in total. The van der Waals surface area contributed by atoms with Gasteiger partial charge in [-0.05, 0) is 12.1 Å². The van der Waals surface area contributed by atoms with Gasteiger partial charge >= 0.3 is 0 Å². The number of halogens is 2. The number of benzene rings is 1. The fourth-order valence-electron chi connectivity index (χ4n) is 1.63. The van der Waals surface area contributed by atoms with Gasteiger partial charge in [-0.2, -0.15) is 0 Å². The number of hydrogen-bond donors (Lipinski definition) is 1. The maximum atomic E-state index is 9.13. The summed E-state index contributed by atoms with van der Waals surface area (Å²) in [4.78, 5) is 4.01. The molecule has 1 heterocycles. The zero-order valence-electron chi connectivity index (χ0n) is 9.64. The second-order valence-corrected chi connectivity index (χ2v) is 4.69. The molecule has 94 valence electrons. The predicted octanol–water partition coefficient (Wildman–Crippen LogP) is 3.15. The summed E-state index contributed by atoms with van der Waals surface area (Å²) in [5.74, 6) is 0. The third kappa shape index (κ3) is 2.66. The quantitative estimate of drug-likeness (QED) is 0.534. The van der Waals surface area contributed by atoms with Gasteiger partial charge in [-0.25, -0.2) is 4.98 Å². The Morgan fingerprint density at radius 2 is 2.22 bits per heavy atom. The van der Waals surface area contributed by atoms with Crippen molar-refractivity contribution < 1.29 is 5.21 Å². The van der Waals surface area contributed by atoms with Crippen molar-refractivity contribution in [1.29, 1.82) is 0 Å². The number of rotatable bonds is 3. The fourth-order valence-corrected chi connectivity index (χ4v) is 2.15. The Hall–Kier alpha value is -1.52. The van der Waals surface area contributed by atoms with E-state index in [9.17, 15) is 0 Å². The molecule has 1 aromatic carbocycles. The maximum absolute atomic E-state index is 9.13. The Kier molecular flexibility index (Phi) is 3.89. The van der Waals surface area contributed by atoms with Gasteiger partial charge in [-0.3, -0.25) is 0 Å². The standard InChI is InChI=1S/C12H11Cl2N3O/c1-17-7-15-6-9(17)5-12(16-18)10-3-2-8(13)4-11(10)14/h2-4,6-7,18H,5H2,1H3. The van der Waals surface area contributed by atoms with Crippen molar-refractivity contribution in [2.45, 2.75) is 6.42 Å². The van der Waals surface area contributed by atoms with Crippen LogP contribution >= 0.6 is 23.2 Å². The van der Waals surface area contributed by atoms with Crippen LogP contribution in [0, 0.1) is 0 Å². The van der Waals surface area contributed by atoms with E-state index in [1.807, 2.05) is 11.6 Å². The minimum atomic E-state index is 0.439. The van der Waals surface area contributed by atoms with Crippen LogP contribution in [0.5, 0.6) is 0 Å². The first-order valence-electron chi connectivity index (χ1n) is 5.23. The SMILES string of the molecule is Cn1cncc1CC(=NO)c1ccc(Cl)cc1Cl. The molecule has 0 amide bonds. The first-order valence-corrected chi connectivity index (χ1v) is 5.99. The summed E-state index contributed by atoms with van der Waals surface area (Å²) < 4.78 is 1.86. The summed E-state index contributed by atoms with van der Waals surface area (Å²) in [5, 5.41) is 13.4. The molecule has 0 aliphatic carbocycles. The van der Waals surface area contributed by atoms with Crippen molar-refractivity contribution in [3.05, 3.63) is 52.0 Å². The number of aryl methyl sites for hydroxylation is 1. The van der Waals surface area contributed by atoms with E-state index in [0.717, 1.165) is 5.69 Å². The lowest BCUT2D eigenvalue weighted by Crippen LogP contribution is -2.09. The molecular weight excluding hydrogens is 273 g/mol. The van der Waals surface area contributed by atoms with E-state index in [0.29, 0.717) is 27.7 Å². The molecule has 2 rings (SSSR count). The number of oxime groups is 1. The molecule has 2 aromatic rings. The third-order valence-electron chi connectivity index (χ3n) is 2.63. The van der Waals surface area contributed by atoms with Crippen LogP contribution in [0.4, 0.5) is 0 Å².